The lowest BCUT2D eigenvalue weighted by Gasteiger charge is -2.11. The Kier molecular flexibility index (Phi) is 3.33. The lowest BCUT2D eigenvalue weighted by Crippen LogP contribution is -1.97. The smallest absolute Gasteiger partial charge is 0.276 e. The molecule has 0 radical (unpaired) electrons. The van der Waals surface area contributed by atoms with Gasteiger partial charge in [-0.1, -0.05) is 0 Å². The van der Waals surface area contributed by atoms with E-state index < -0.39 is 4.92 Å². The topological polar surface area (TPSA) is 91.3 Å². The summed E-state index contributed by atoms with van der Waals surface area (Å²) in [6.45, 7) is 3.51. The highest BCUT2D eigenvalue weighted by molar-refractivity contribution is 5.55. The van der Waals surface area contributed by atoms with Crippen molar-refractivity contribution in [3.63, 3.8) is 0 Å². The van der Waals surface area contributed by atoms with E-state index >= 15 is 0 Å². The molecule has 0 aliphatic heterocycles. The molecule has 0 unspecified atom stereocenters. The molecule has 0 fully saturated rings. The number of rotatable bonds is 3. The number of pyridine rings is 1. The quantitative estimate of drug-likeness (QED) is 0.675. The van der Waals surface area contributed by atoms with Crippen molar-refractivity contribution in [2.24, 2.45) is 0 Å². The van der Waals surface area contributed by atoms with Crippen LogP contribution >= 0.6 is 0 Å². The molecule has 2 aromatic rings. The molecule has 2 rings (SSSR count). The number of ether oxygens (including phenoxy) is 1. The van der Waals surface area contributed by atoms with Gasteiger partial charge in [0.25, 0.3) is 5.69 Å². The van der Waals surface area contributed by atoms with Gasteiger partial charge in [-0.25, -0.2) is 0 Å². The van der Waals surface area contributed by atoms with Gasteiger partial charge in [-0.15, -0.1) is 0 Å². The standard InChI is InChI=1S/C13H13N3O3/c1-8-5-9(2)13(6-11(8)16(17)18)19-12-3-4-15-7-10(12)14/h3-7H,14H2,1-2H3. The number of hydrogen-bond donors (Lipinski definition) is 1. The first-order valence-corrected chi connectivity index (χ1v) is 5.62. The average Bonchev–Trinajstić information content (AvgIpc) is 2.34. The second-order valence-electron chi connectivity index (χ2n) is 4.18. The fourth-order valence-corrected chi connectivity index (χ4v) is 1.73. The number of nitrogen functional groups attached to an aromatic ring is 1. The molecular formula is C13H13N3O3. The molecule has 0 saturated carbocycles. The summed E-state index contributed by atoms with van der Waals surface area (Å²) in [4.78, 5) is 14.3. The minimum absolute atomic E-state index is 0.0215. The van der Waals surface area contributed by atoms with E-state index in [2.05, 4.69) is 4.98 Å². The van der Waals surface area contributed by atoms with Crippen LogP contribution in [0.5, 0.6) is 11.5 Å². The van der Waals surface area contributed by atoms with Gasteiger partial charge in [0.15, 0.2) is 5.75 Å². The van der Waals surface area contributed by atoms with Crippen molar-refractivity contribution >= 4 is 11.4 Å². The summed E-state index contributed by atoms with van der Waals surface area (Å²) in [6, 6.07) is 4.73. The molecule has 0 aliphatic carbocycles. The van der Waals surface area contributed by atoms with E-state index in [0.717, 1.165) is 5.56 Å². The van der Waals surface area contributed by atoms with Gasteiger partial charge in [-0.3, -0.25) is 15.1 Å². The van der Waals surface area contributed by atoms with Crippen LogP contribution in [0.4, 0.5) is 11.4 Å². The zero-order valence-corrected chi connectivity index (χ0v) is 10.6. The van der Waals surface area contributed by atoms with Crippen LogP contribution in [-0.4, -0.2) is 9.91 Å². The van der Waals surface area contributed by atoms with Crippen LogP contribution < -0.4 is 10.5 Å². The van der Waals surface area contributed by atoms with Crippen molar-refractivity contribution in [3.05, 3.63) is 51.8 Å². The molecule has 6 heteroatoms. The van der Waals surface area contributed by atoms with E-state index in [1.165, 1.54) is 12.3 Å². The average molecular weight is 259 g/mol. The largest absolute Gasteiger partial charge is 0.455 e. The summed E-state index contributed by atoms with van der Waals surface area (Å²) in [5, 5.41) is 10.9. The van der Waals surface area contributed by atoms with E-state index in [-0.39, 0.29) is 5.69 Å². The van der Waals surface area contributed by atoms with Crippen LogP contribution in [0.15, 0.2) is 30.6 Å². The molecule has 0 spiro atoms. The SMILES string of the molecule is Cc1cc(C)c([N+](=O)[O-])cc1Oc1ccncc1N. The molecule has 1 aromatic carbocycles. The van der Waals surface area contributed by atoms with E-state index in [1.807, 2.05) is 6.92 Å². The van der Waals surface area contributed by atoms with Gasteiger partial charge in [0, 0.05) is 17.8 Å². The fourth-order valence-electron chi connectivity index (χ4n) is 1.73. The maximum Gasteiger partial charge on any atom is 0.276 e. The third-order valence-electron chi connectivity index (χ3n) is 2.72. The number of aryl methyl sites for hydroxylation is 2. The van der Waals surface area contributed by atoms with Crippen molar-refractivity contribution in [2.75, 3.05) is 5.73 Å². The van der Waals surface area contributed by atoms with Crippen LogP contribution in [0.1, 0.15) is 11.1 Å². The minimum atomic E-state index is -0.433. The summed E-state index contributed by atoms with van der Waals surface area (Å²) >= 11 is 0. The molecule has 0 bridgehead atoms. The molecule has 0 amide bonds. The second kappa shape index (κ2) is 4.93. The normalized spacial score (nSPS) is 10.2. The number of anilines is 1. The van der Waals surface area contributed by atoms with E-state index in [0.29, 0.717) is 22.7 Å². The highest BCUT2D eigenvalue weighted by atomic mass is 16.6. The fraction of sp³-hybridized carbons (Fsp3) is 0.154. The summed E-state index contributed by atoms with van der Waals surface area (Å²) < 4.78 is 5.62. The van der Waals surface area contributed by atoms with Gasteiger partial charge in [0.05, 0.1) is 22.9 Å². The van der Waals surface area contributed by atoms with E-state index in [1.54, 1.807) is 25.3 Å². The number of nitro benzene ring substituents is 1. The number of nitro groups is 1. The van der Waals surface area contributed by atoms with Crippen LogP contribution in [-0.2, 0) is 0 Å². The third-order valence-corrected chi connectivity index (χ3v) is 2.72. The number of hydrogen-bond acceptors (Lipinski definition) is 5. The van der Waals surface area contributed by atoms with E-state index in [9.17, 15) is 10.1 Å². The first-order valence-electron chi connectivity index (χ1n) is 5.62. The highest BCUT2D eigenvalue weighted by Gasteiger charge is 2.15. The number of nitrogens with two attached hydrogens (primary N) is 1. The zero-order chi connectivity index (χ0) is 14.0. The predicted octanol–water partition coefficient (Wildman–Crippen LogP) is 2.98. The van der Waals surface area contributed by atoms with E-state index in [4.69, 9.17) is 10.5 Å². The van der Waals surface area contributed by atoms with Crippen molar-refractivity contribution in [3.8, 4) is 11.5 Å². The van der Waals surface area contributed by atoms with Crippen molar-refractivity contribution in [1.29, 1.82) is 0 Å². The van der Waals surface area contributed by atoms with Gasteiger partial charge in [0.2, 0.25) is 0 Å². The first-order chi connectivity index (χ1) is 8.99. The maximum absolute atomic E-state index is 10.9. The molecule has 6 nitrogen and oxygen atoms in total. The monoisotopic (exact) mass is 259 g/mol. The lowest BCUT2D eigenvalue weighted by atomic mass is 10.1. The molecular weight excluding hydrogens is 246 g/mol. The Morgan fingerprint density at radius 1 is 1.26 bits per heavy atom. The Bertz CT molecular complexity index is 641. The van der Waals surface area contributed by atoms with Gasteiger partial charge in [-0.05, 0) is 25.5 Å². The van der Waals surface area contributed by atoms with Crippen LogP contribution in [0.25, 0.3) is 0 Å². The summed E-state index contributed by atoms with van der Waals surface area (Å²) in [7, 11) is 0. The minimum Gasteiger partial charge on any atom is -0.455 e. The Morgan fingerprint density at radius 3 is 2.63 bits per heavy atom. The number of benzene rings is 1. The summed E-state index contributed by atoms with van der Waals surface area (Å²) in [6.07, 6.45) is 3.01. The first kappa shape index (κ1) is 12.8. The number of nitrogens with zero attached hydrogens (tertiary/aromatic N) is 2. The van der Waals surface area contributed by atoms with Gasteiger partial charge < -0.3 is 10.5 Å². The Hall–Kier alpha value is -2.63. The Balaban J connectivity index is 2.43. The molecule has 0 atom stereocenters. The van der Waals surface area contributed by atoms with Crippen molar-refractivity contribution in [2.45, 2.75) is 13.8 Å². The van der Waals surface area contributed by atoms with Crippen molar-refractivity contribution < 1.29 is 9.66 Å². The maximum atomic E-state index is 10.9. The van der Waals surface area contributed by atoms with Gasteiger partial charge >= 0.3 is 0 Å². The molecule has 1 aromatic heterocycles. The van der Waals surface area contributed by atoms with Gasteiger partial charge in [-0.2, -0.15) is 0 Å². The van der Waals surface area contributed by atoms with Crippen LogP contribution in [0, 0.1) is 24.0 Å². The molecule has 19 heavy (non-hydrogen) atoms. The molecule has 98 valence electrons. The molecule has 0 aliphatic rings. The molecule has 0 saturated heterocycles. The molecule has 1 heterocycles. The highest BCUT2D eigenvalue weighted by Crippen LogP contribution is 2.33. The van der Waals surface area contributed by atoms with Gasteiger partial charge in [0.1, 0.15) is 5.75 Å². The van der Waals surface area contributed by atoms with Crippen LogP contribution in [0.2, 0.25) is 0 Å². The summed E-state index contributed by atoms with van der Waals surface area (Å²) in [5.41, 5.74) is 7.53. The third kappa shape index (κ3) is 2.62. The number of aromatic nitrogens is 1. The predicted molar refractivity (Wildman–Crippen MR) is 71.3 cm³/mol. The second-order valence-corrected chi connectivity index (χ2v) is 4.18. The molecule has 2 N–H and O–H groups in total. The Morgan fingerprint density at radius 2 is 2.00 bits per heavy atom. The zero-order valence-electron chi connectivity index (χ0n) is 10.6. The van der Waals surface area contributed by atoms with Crippen molar-refractivity contribution in [1.82, 2.24) is 4.98 Å². The lowest BCUT2D eigenvalue weighted by molar-refractivity contribution is -0.385. The Labute approximate surface area is 110 Å². The van der Waals surface area contributed by atoms with Crippen LogP contribution in [0.3, 0.4) is 0 Å². The summed E-state index contributed by atoms with van der Waals surface area (Å²) in [5.74, 6) is 0.839.